The fourth-order valence-corrected chi connectivity index (χ4v) is 5.81. The molecular weight excluding hydrogens is 426 g/mol. The Hall–Kier alpha value is -2.38. The summed E-state index contributed by atoms with van der Waals surface area (Å²) in [5.74, 6) is -0.243. The second-order valence-electron chi connectivity index (χ2n) is 9.20. The minimum atomic E-state index is -3.86. The van der Waals surface area contributed by atoms with Gasteiger partial charge in [0.15, 0.2) is 0 Å². The average molecular weight is 460 g/mol. The third-order valence-electron chi connectivity index (χ3n) is 5.66. The highest BCUT2D eigenvalue weighted by Crippen LogP contribution is 2.35. The van der Waals surface area contributed by atoms with Crippen molar-refractivity contribution in [1.82, 2.24) is 4.31 Å². The van der Waals surface area contributed by atoms with Gasteiger partial charge in [0.25, 0.3) is 0 Å². The molecule has 2 aromatic rings. The quantitative estimate of drug-likeness (QED) is 0.557. The SMILES string of the molecule is COc1ccc(S(=O)(=O)N(Cc2ccccc2)[C@H]2CCCC[C@H]2C(=O)OC(C)(C)C)cc1. The number of carbonyl (C=O) groups excluding carboxylic acids is 1. The number of methoxy groups -OCH3 is 1. The Labute approximate surface area is 191 Å². The van der Waals surface area contributed by atoms with Crippen LogP contribution in [0.1, 0.15) is 52.0 Å². The van der Waals surface area contributed by atoms with Crippen molar-refractivity contribution >= 4 is 16.0 Å². The number of hydrogen-bond donors (Lipinski definition) is 0. The van der Waals surface area contributed by atoms with E-state index < -0.39 is 27.6 Å². The Balaban J connectivity index is 2.01. The van der Waals surface area contributed by atoms with E-state index in [0.717, 1.165) is 18.4 Å². The maximum absolute atomic E-state index is 13.8. The van der Waals surface area contributed by atoms with Gasteiger partial charge >= 0.3 is 5.97 Å². The molecule has 0 amide bonds. The van der Waals surface area contributed by atoms with Gasteiger partial charge in [-0.05, 0) is 63.4 Å². The molecular formula is C25H33NO5S. The van der Waals surface area contributed by atoms with Gasteiger partial charge in [0, 0.05) is 12.6 Å². The normalized spacial score (nSPS) is 19.5. The number of hydrogen-bond acceptors (Lipinski definition) is 5. The van der Waals surface area contributed by atoms with Crippen molar-refractivity contribution in [2.24, 2.45) is 5.92 Å². The molecule has 2 aromatic carbocycles. The van der Waals surface area contributed by atoms with Crippen LogP contribution in [-0.4, -0.2) is 37.4 Å². The van der Waals surface area contributed by atoms with Crippen LogP contribution in [0.4, 0.5) is 0 Å². The van der Waals surface area contributed by atoms with Gasteiger partial charge in [0.05, 0.1) is 17.9 Å². The van der Waals surface area contributed by atoms with Gasteiger partial charge in [0.2, 0.25) is 10.0 Å². The van der Waals surface area contributed by atoms with Crippen molar-refractivity contribution in [3.05, 3.63) is 60.2 Å². The molecule has 0 bridgehead atoms. The lowest BCUT2D eigenvalue weighted by atomic mass is 9.84. The van der Waals surface area contributed by atoms with Crippen molar-refractivity contribution in [1.29, 1.82) is 0 Å². The average Bonchev–Trinajstić information content (AvgIpc) is 2.77. The van der Waals surface area contributed by atoms with Crippen molar-refractivity contribution in [3.8, 4) is 5.75 Å². The molecule has 0 aliphatic heterocycles. The molecule has 1 saturated carbocycles. The molecule has 1 aliphatic carbocycles. The summed E-state index contributed by atoms with van der Waals surface area (Å²) in [5, 5.41) is 0. The number of ether oxygens (including phenoxy) is 2. The first kappa shape index (κ1) is 24.3. The van der Waals surface area contributed by atoms with Gasteiger partial charge in [-0.3, -0.25) is 4.79 Å². The van der Waals surface area contributed by atoms with E-state index in [0.29, 0.717) is 18.6 Å². The third kappa shape index (κ3) is 5.90. The largest absolute Gasteiger partial charge is 0.497 e. The molecule has 0 heterocycles. The first-order chi connectivity index (χ1) is 15.1. The monoisotopic (exact) mass is 459 g/mol. The van der Waals surface area contributed by atoms with Crippen LogP contribution in [-0.2, 0) is 26.1 Å². The molecule has 1 aliphatic rings. The summed E-state index contributed by atoms with van der Waals surface area (Å²) in [4.78, 5) is 13.3. The molecule has 2 atom stereocenters. The Kier molecular flexibility index (Phi) is 7.62. The molecule has 7 heteroatoms. The zero-order valence-corrected chi connectivity index (χ0v) is 20.1. The highest BCUT2D eigenvalue weighted by atomic mass is 32.2. The maximum Gasteiger partial charge on any atom is 0.311 e. The topological polar surface area (TPSA) is 72.9 Å². The van der Waals surface area contributed by atoms with E-state index in [-0.39, 0.29) is 17.4 Å². The molecule has 0 unspecified atom stereocenters. The molecule has 174 valence electrons. The smallest absolute Gasteiger partial charge is 0.311 e. The number of benzene rings is 2. The highest BCUT2D eigenvalue weighted by molar-refractivity contribution is 7.89. The van der Waals surface area contributed by atoms with Crippen LogP contribution in [0.5, 0.6) is 5.75 Å². The second kappa shape index (κ2) is 10.0. The molecule has 0 saturated heterocycles. The van der Waals surface area contributed by atoms with Gasteiger partial charge in [-0.25, -0.2) is 8.42 Å². The predicted molar refractivity (Wildman–Crippen MR) is 124 cm³/mol. The van der Waals surface area contributed by atoms with E-state index in [1.54, 1.807) is 31.4 Å². The molecule has 0 N–H and O–H groups in total. The summed E-state index contributed by atoms with van der Waals surface area (Å²) in [6.45, 7) is 5.69. The summed E-state index contributed by atoms with van der Waals surface area (Å²) >= 11 is 0. The predicted octanol–water partition coefficient (Wildman–Crippen LogP) is 4.79. The lowest BCUT2D eigenvalue weighted by molar-refractivity contribution is -0.163. The first-order valence-electron chi connectivity index (χ1n) is 11.0. The number of rotatable bonds is 7. The van der Waals surface area contributed by atoms with Crippen LogP contribution in [0.2, 0.25) is 0 Å². The zero-order chi connectivity index (χ0) is 23.4. The fraction of sp³-hybridized carbons (Fsp3) is 0.480. The van der Waals surface area contributed by atoms with Crippen molar-refractivity contribution in [2.75, 3.05) is 7.11 Å². The van der Waals surface area contributed by atoms with E-state index in [1.165, 1.54) is 4.31 Å². The van der Waals surface area contributed by atoms with Crippen molar-refractivity contribution in [3.63, 3.8) is 0 Å². The van der Waals surface area contributed by atoms with Gasteiger partial charge in [-0.1, -0.05) is 43.2 Å². The zero-order valence-electron chi connectivity index (χ0n) is 19.3. The summed E-state index contributed by atoms with van der Waals surface area (Å²) in [5.41, 5.74) is 0.246. The first-order valence-corrected chi connectivity index (χ1v) is 12.5. The molecule has 3 rings (SSSR count). The Bertz CT molecular complexity index is 997. The maximum atomic E-state index is 13.8. The summed E-state index contributed by atoms with van der Waals surface area (Å²) in [6.07, 6.45) is 2.98. The van der Waals surface area contributed by atoms with Crippen LogP contribution >= 0.6 is 0 Å². The van der Waals surface area contributed by atoms with Crippen molar-refractivity contribution < 1.29 is 22.7 Å². The molecule has 6 nitrogen and oxygen atoms in total. The van der Waals surface area contributed by atoms with Crippen LogP contribution in [0.3, 0.4) is 0 Å². The number of nitrogens with zero attached hydrogens (tertiary/aromatic N) is 1. The third-order valence-corrected chi connectivity index (χ3v) is 7.54. The number of carbonyl (C=O) groups is 1. The van der Waals surface area contributed by atoms with Gasteiger partial charge in [-0.15, -0.1) is 0 Å². The molecule has 0 radical (unpaired) electrons. The van der Waals surface area contributed by atoms with Gasteiger partial charge in [0.1, 0.15) is 11.4 Å². The Morgan fingerprint density at radius 1 is 1.00 bits per heavy atom. The number of esters is 1. The minimum Gasteiger partial charge on any atom is -0.497 e. The highest BCUT2D eigenvalue weighted by Gasteiger charge is 2.42. The van der Waals surface area contributed by atoms with Crippen LogP contribution in [0.25, 0.3) is 0 Å². The van der Waals surface area contributed by atoms with E-state index in [2.05, 4.69) is 0 Å². The van der Waals surface area contributed by atoms with Crippen LogP contribution in [0.15, 0.2) is 59.5 Å². The van der Waals surface area contributed by atoms with Crippen molar-refractivity contribution in [2.45, 2.75) is 69.5 Å². The molecule has 32 heavy (non-hydrogen) atoms. The molecule has 0 aromatic heterocycles. The summed E-state index contributed by atoms with van der Waals surface area (Å²) in [6, 6.07) is 15.4. The van der Waals surface area contributed by atoms with Crippen LogP contribution < -0.4 is 4.74 Å². The standard InChI is InChI=1S/C25H33NO5S/c1-25(2,3)31-24(27)22-12-8-9-13-23(22)26(18-19-10-6-5-7-11-19)32(28,29)21-16-14-20(30-4)15-17-21/h5-7,10-11,14-17,22-23H,8-9,12-13,18H2,1-4H3/t22-,23+/m1/s1. The van der Waals surface area contributed by atoms with Crippen LogP contribution in [0, 0.1) is 5.92 Å². The van der Waals surface area contributed by atoms with E-state index >= 15 is 0 Å². The van der Waals surface area contributed by atoms with E-state index in [9.17, 15) is 13.2 Å². The lowest BCUT2D eigenvalue weighted by Crippen LogP contribution is -2.49. The molecule has 1 fully saturated rings. The second-order valence-corrected chi connectivity index (χ2v) is 11.1. The lowest BCUT2D eigenvalue weighted by Gasteiger charge is -2.39. The van der Waals surface area contributed by atoms with E-state index in [1.807, 2.05) is 51.1 Å². The van der Waals surface area contributed by atoms with E-state index in [4.69, 9.17) is 9.47 Å². The Morgan fingerprint density at radius 3 is 2.22 bits per heavy atom. The number of sulfonamides is 1. The Morgan fingerprint density at radius 2 is 1.62 bits per heavy atom. The molecule has 0 spiro atoms. The van der Waals surface area contributed by atoms with Gasteiger partial charge < -0.3 is 9.47 Å². The summed E-state index contributed by atoms with van der Waals surface area (Å²) in [7, 11) is -2.32. The minimum absolute atomic E-state index is 0.183. The fourth-order valence-electron chi connectivity index (χ4n) is 4.14. The summed E-state index contributed by atoms with van der Waals surface area (Å²) < 4.78 is 40.0. The van der Waals surface area contributed by atoms with Gasteiger partial charge in [-0.2, -0.15) is 4.31 Å².